The Balaban J connectivity index is 1.05. The van der Waals surface area contributed by atoms with E-state index < -0.39 is 0 Å². The Morgan fingerprint density at radius 1 is 0.257 bits per heavy atom. The van der Waals surface area contributed by atoms with Crippen LogP contribution in [0.25, 0.3) is 139 Å². The van der Waals surface area contributed by atoms with E-state index in [4.69, 9.17) is 19.4 Å². The maximum Gasteiger partial charge on any atom is 0.164 e. The van der Waals surface area contributed by atoms with E-state index in [-0.39, 0.29) is 0 Å². The lowest BCUT2D eigenvalue weighted by Crippen LogP contribution is -2.04. The average Bonchev–Trinajstić information content (AvgIpc) is 4.04. The van der Waals surface area contributed by atoms with Gasteiger partial charge in [0.2, 0.25) is 0 Å². The van der Waals surface area contributed by atoms with Crippen LogP contribution >= 0.6 is 0 Å². The van der Waals surface area contributed by atoms with E-state index in [2.05, 4.69) is 235 Å². The monoisotopic (exact) mass is 944 g/mol. The van der Waals surface area contributed by atoms with Crippen molar-refractivity contribution in [2.45, 2.75) is 0 Å². The van der Waals surface area contributed by atoms with Gasteiger partial charge < -0.3 is 8.98 Å². The summed E-state index contributed by atoms with van der Waals surface area (Å²) >= 11 is 0. The molecule has 5 nitrogen and oxygen atoms in total. The molecular weight excluding hydrogens is 901 g/mol. The molecule has 0 saturated carbocycles. The molecule has 3 heterocycles. The number of aromatic nitrogens is 4. The third-order valence-corrected chi connectivity index (χ3v) is 14.3. The van der Waals surface area contributed by atoms with Crippen molar-refractivity contribution in [2.75, 3.05) is 0 Å². The fraction of sp³-hybridized carbons (Fsp3) is 0. The molecule has 14 rings (SSSR count). The van der Waals surface area contributed by atoms with Crippen LogP contribution in [-0.2, 0) is 0 Å². The van der Waals surface area contributed by atoms with Crippen LogP contribution in [0.3, 0.4) is 0 Å². The topological polar surface area (TPSA) is 56.7 Å². The molecule has 74 heavy (non-hydrogen) atoms. The van der Waals surface area contributed by atoms with Gasteiger partial charge in [-0.2, -0.15) is 0 Å². The molecule has 0 unspecified atom stereocenters. The maximum absolute atomic E-state index is 6.42. The van der Waals surface area contributed by atoms with Crippen molar-refractivity contribution in [3.05, 3.63) is 267 Å². The highest BCUT2D eigenvalue weighted by molar-refractivity contribution is 6.14. The van der Waals surface area contributed by atoms with E-state index >= 15 is 0 Å². The second kappa shape index (κ2) is 18.0. The van der Waals surface area contributed by atoms with Crippen LogP contribution < -0.4 is 0 Å². The quantitative estimate of drug-likeness (QED) is 0.145. The molecule has 5 heteroatoms. The van der Waals surface area contributed by atoms with Crippen LogP contribution in [0.4, 0.5) is 0 Å². The van der Waals surface area contributed by atoms with Crippen molar-refractivity contribution >= 4 is 43.7 Å². The zero-order valence-electron chi connectivity index (χ0n) is 40.1. The molecule has 0 amide bonds. The molecule has 0 saturated heterocycles. The Morgan fingerprint density at radius 2 is 0.662 bits per heavy atom. The van der Waals surface area contributed by atoms with Crippen LogP contribution in [0.5, 0.6) is 0 Å². The molecule has 0 aliphatic heterocycles. The zero-order valence-corrected chi connectivity index (χ0v) is 40.1. The number of hydrogen-bond acceptors (Lipinski definition) is 4. The van der Waals surface area contributed by atoms with Gasteiger partial charge in [0.25, 0.3) is 0 Å². The summed E-state index contributed by atoms with van der Waals surface area (Å²) in [5.41, 5.74) is 18.7. The molecule has 0 radical (unpaired) electrons. The Hall–Kier alpha value is -9.97. The smallest absolute Gasteiger partial charge is 0.164 e. The number of para-hydroxylation sites is 1. The predicted octanol–water partition coefficient (Wildman–Crippen LogP) is 18.2. The molecule has 0 fully saturated rings. The molecule has 0 bridgehead atoms. The Bertz CT molecular complexity index is 4220. The molecule has 0 aliphatic carbocycles. The van der Waals surface area contributed by atoms with Crippen LogP contribution in [-0.4, -0.2) is 19.5 Å². The van der Waals surface area contributed by atoms with Crippen LogP contribution in [0.15, 0.2) is 271 Å². The number of fused-ring (bicyclic) bond motifs is 6. The summed E-state index contributed by atoms with van der Waals surface area (Å²) in [6.45, 7) is 0. The van der Waals surface area contributed by atoms with Crippen molar-refractivity contribution in [3.63, 3.8) is 0 Å². The normalized spacial score (nSPS) is 11.5. The number of furan rings is 1. The summed E-state index contributed by atoms with van der Waals surface area (Å²) in [7, 11) is 0. The molecule has 0 spiro atoms. The molecule has 0 N–H and O–H groups in total. The van der Waals surface area contributed by atoms with E-state index in [1.165, 1.54) is 33.0 Å². The van der Waals surface area contributed by atoms with Crippen LogP contribution in [0, 0.1) is 0 Å². The van der Waals surface area contributed by atoms with Crippen LogP contribution in [0.2, 0.25) is 0 Å². The lowest BCUT2D eigenvalue weighted by molar-refractivity contribution is 0.669. The van der Waals surface area contributed by atoms with Gasteiger partial charge in [-0.25, -0.2) is 15.0 Å². The summed E-state index contributed by atoms with van der Waals surface area (Å²) in [6.07, 6.45) is 0. The summed E-state index contributed by atoms with van der Waals surface area (Å²) in [6, 6.07) is 94.4. The van der Waals surface area contributed by atoms with E-state index in [9.17, 15) is 0 Å². The summed E-state index contributed by atoms with van der Waals surface area (Å²) in [4.78, 5) is 16.2. The van der Waals surface area contributed by atoms with E-state index in [1.807, 2.05) is 36.4 Å². The first kappa shape index (κ1) is 42.9. The second-order valence-electron chi connectivity index (χ2n) is 18.7. The number of benzene rings is 11. The number of nitrogens with zero attached hydrogens (tertiary/aromatic N) is 4. The SMILES string of the molecule is c1ccc(-c2ccc(-c3nc(-c4cc(-c5ccccc5)c(-n5c6ccc(-c7ccccc7)cc6c6cc(-c7ccccc7)ccc65)c(-c5ccccc5)c4)nc(-c4cccc5oc6ccccc6c45)n3)cc2)cc1. The van der Waals surface area contributed by atoms with Gasteiger partial charge >= 0.3 is 0 Å². The minimum absolute atomic E-state index is 0.560. The molecule has 11 aromatic carbocycles. The molecule has 3 aromatic heterocycles. The van der Waals surface area contributed by atoms with E-state index in [0.29, 0.717) is 17.5 Å². The van der Waals surface area contributed by atoms with Gasteiger partial charge in [0.05, 0.1) is 16.7 Å². The minimum Gasteiger partial charge on any atom is -0.456 e. The largest absolute Gasteiger partial charge is 0.456 e. The van der Waals surface area contributed by atoms with Crippen molar-refractivity contribution in [2.24, 2.45) is 0 Å². The van der Waals surface area contributed by atoms with E-state index in [0.717, 1.165) is 88.7 Å². The van der Waals surface area contributed by atoms with Gasteiger partial charge in [-0.15, -0.1) is 0 Å². The first-order valence-electron chi connectivity index (χ1n) is 25.0. The highest BCUT2D eigenvalue weighted by Gasteiger charge is 2.25. The first-order valence-corrected chi connectivity index (χ1v) is 25.0. The minimum atomic E-state index is 0.560. The number of hydrogen-bond donors (Lipinski definition) is 0. The Kier molecular flexibility index (Phi) is 10.4. The van der Waals surface area contributed by atoms with Crippen molar-refractivity contribution in [1.82, 2.24) is 19.5 Å². The molecule has 0 aliphatic rings. The van der Waals surface area contributed by atoms with Crippen LogP contribution in [0.1, 0.15) is 0 Å². The summed E-state index contributed by atoms with van der Waals surface area (Å²) in [5.74, 6) is 1.70. The zero-order chi connectivity index (χ0) is 49.0. The van der Waals surface area contributed by atoms with Crippen molar-refractivity contribution in [1.29, 1.82) is 0 Å². The Morgan fingerprint density at radius 3 is 1.20 bits per heavy atom. The lowest BCUT2D eigenvalue weighted by atomic mass is 9.92. The summed E-state index contributed by atoms with van der Waals surface area (Å²) in [5, 5.41) is 4.32. The fourth-order valence-corrected chi connectivity index (χ4v) is 10.7. The predicted molar refractivity (Wildman–Crippen MR) is 305 cm³/mol. The molecule has 0 atom stereocenters. The van der Waals surface area contributed by atoms with Gasteiger partial charge in [-0.05, 0) is 93.0 Å². The van der Waals surface area contributed by atoms with Crippen molar-refractivity contribution in [3.8, 4) is 95.5 Å². The number of rotatable bonds is 9. The standard InChI is InChI=1S/C69H44N4O/c1-6-19-45(20-7-1)48-33-35-51(36-34-48)67-70-68(72-69(71-67)56-30-18-32-64-65(56)55-29-16-17-31-63(55)74-64)54-43-57(49-25-12-4-13-26-49)66(58(44-54)50-27-14-5-15-28-50)73-61-39-37-52(46-21-8-2-9-22-46)41-59(61)60-42-53(38-40-62(60)73)47-23-10-3-11-24-47/h1-44H. The average molecular weight is 945 g/mol. The maximum atomic E-state index is 6.42. The van der Waals surface area contributed by atoms with Gasteiger partial charge in [-0.3, -0.25) is 0 Å². The van der Waals surface area contributed by atoms with E-state index in [1.54, 1.807) is 0 Å². The molecule has 346 valence electrons. The van der Waals surface area contributed by atoms with Gasteiger partial charge in [-0.1, -0.05) is 218 Å². The third kappa shape index (κ3) is 7.54. The van der Waals surface area contributed by atoms with Gasteiger partial charge in [0.15, 0.2) is 17.5 Å². The fourth-order valence-electron chi connectivity index (χ4n) is 10.7. The Labute approximate surface area is 428 Å². The van der Waals surface area contributed by atoms with Gasteiger partial charge in [0, 0.05) is 49.4 Å². The lowest BCUT2D eigenvalue weighted by Gasteiger charge is -2.21. The summed E-state index contributed by atoms with van der Waals surface area (Å²) < 4.78 is 8.90. The van der Waals surface area contributed by atoms with Gasteiger partial charge in [0.1, 0.15) is 11.2 Å². The first-order chi connectivity index (χ1) is 36.7. The molecule has 14 aromatic rings. The second-order valence-corrected chi connectivity index (χ2v) is 18.7. The molecular formula is C69H44N4O. The van der Waals surface area contributed by atoms with Crippen molar-refractivity contribution < 1.29 is 4.42 Å². The highest BCUT2D eigenvalue weighted by atomic mass is 16.3. The third-order valence-electron chi connectivity index (χ3n) is 14.3. The highest BCUT2D eigenvalue weighted by Crippen LogP contribution is 2.46.